The van der Waals surface area contributed by atoms with Crippen molar-refractivity contribution < 1.29 is 0 Å². The molecule has 0 aliphatic rings. The van der Waals surface area contributed by atoms with Gasteiger partial charge in [0.05, 0.1) is 11.6 Å². The Labute approximate surface area is 135 Å². The van der Waals surface area contributed by atoms with Crippen LogP contribution < -0.4 is 10.6 Å². The van der Waals surface area contributed by atoms with E-state index < -0.39 is 0 Å². The highest BCUT2D eigenvalue weighted by molar-refractivity contribution is 5.63. The molecule has 4 nitrogen and oxygen atoms in total. The van der Waals surface area contributed by atoms with Crippen molar-refractivity contribution in [2.24, 2.45) is 0 Å². The van der Waals surface area contributed by atoms with E-state index in [0.717, 1.165) is 22.6 Å². The van der Waals surface area contributed by atoms with E-state index in [0.29, 0.717) is 12.1 Å². The number of nitrogens with zero attached hydrogens (tertiary/aromatic N) is 3. The second-order valence-electron chi connectivity index (χ2n) is 5.19. The fourth-order valence-electron chi connectivity index (χ4n) is 2.38. The molecular weight excluding hydrogens is 284 g/mol. The minimum atomic E-state index is 0.649. The zero-order valence-corrected chi connectivity index (χ0v) is 12.6. The van der Waals surface area contributed by atoms with Crippen molar-refractivity contribution in [3.05, 3.63) is 84.2 Å². The summed E-state index contributed by atoms with van der Waals surface area (Å²) in [5, 5.41) is 8.96. The van der Waals surface area contributed by atoms with E-state index in [4.69, 9.17) is 11.0 Å². The van der Waals surface area contributed by atoms with Crippen LogP contribution in [0.5, 0.6) is 0 Å². The van der Waals surface area contributed by atoms with Crippen LogP contribution in [0.1, 0.15) is 11.1 Å². The molecule has 0 aliphatic carbocycles. The first-order chi connectivity index (χ1) is 11.3. The molecule has 1 heterocycles. The Kier molecular flexibility index (Phi) is 4.21. The Morgan fingerprint density at radius 1 is 0.870 bits per heavy atom. The number of rotatable bonds is 4. The second kappa shape index (κ2) is 6.63. The van der Waals surface area contributed by atoms with E-state index in [2.05, 4.69) is 16.0 Å². The number of aromatic nitrogens is 1. The number of hydrogen-bond donors (Lipinski definition) is 1. The quantitative estimate of drug-likeness (QED) is 0.743. The maximum atomic E-state index is 8.96. The third-order valence-corrected chi connectivity index (χ3v) is 3.60. The highest BCUT2D eigenvalue weighted by Crippen LogP contribution is 2.27. The van der Waals surface area contributed by atoms with Crippen molar-refractivity contribution in [1.29, 1.82) is 5.26 Å². The monoisotopic (exact) mass is 300 g/mol. The van der Waals surface area contributed by atoms with E-state index in [1.165, 1.54) is 0 Å². The third kappa shape index (κ3) is 3.47. The fraction of sp³-hybridized carbons (Fsp3) is 0.0526. The number of hydrogen-bond acceptors (Lipinski definition) is 4. The molecule has 1 aromatic heterocycles. The Balaban J connectivity index is 1.96. The molecule has 0 bridgehead atoms. The van der Waals surface area contributed by atoms with E-state index >= 15 is 0 Å². The van der Waals surface area contributed by atoms with E-state index in [1.807, 2.05) is 60.7 Å². The first-order valence-corrected chi connectivity index (χ1v) is 7.28. The zero-order valence-electron chi connectivity index (χ0n) is 12.6. The highest BCUT2D eigenvalue weighted by Gasteiger charge is 2.10. The van der Waals surface area contributed by atoms with Crippen LogP contribution in [0.15, 0.2) is 73.1 Å². The molecule has 4 heteroatoms. The van der Waals surface area contributed by atoms with Gasteiger partial charge < -0.3 is 10.6 Å². The molecular formula is C19H16N4. The van der Waals surface area contributed by atoms with Gasteiger partial charge in [-0.1, -0.05) is 12.1 Å². The lowest BCUT2D eigenvalue weighted by atomic mass is 10.1. The molecule has 0 saturated carbocycles. The van der Waals surface area contributed by atoms with Crippen LogP contribution in [-0.2, 0) is 6.54 Å². The normalized spacial score (nSPS) is 10.0. The third-order valence-electron chi connectivity index (χ3n) is 3.60. The Bertz CT molecular complexity index is 803. The Hall–Kier alpha value is -3.32. The topological polar surface area (TPSA) is 65.9 Å². The molecule has 0 atom stereocenters. The molecule has 0 saturated heterocycles. The number of nitrogen functional groups attached to an aromatic ring is 1. The van der Waals surface area contributed by atoms with Crippen LogP contribution in [0.25, 0.3) is 0 Å². The summed E-state index contributed by atoms with van der Waals surface area (Å²) in [4.78, 5) is 6.26. The Morgan fingerprint density at radius 2 is 1.48 bits per heavy atom. The van der Waals surface area contributed by atoms with Crippen molar-refractivity contribution in [2.75, 3.05) is 10.6 Å². The van der Waals surface area contributed by atoms with Crippen molar-refractivity contribution in [3.63, 3.8) is 0 Å². The van der Waals surface area contributed by atoms with Crippen molar-refractivity contribution in [1.82, 2.24) is 4.98 Å². The molecule has 112 valence electrons. The lowest BCUT2D eigenvalue weighted by Gasteiger charge is -2.25. The molecule has 23 heavy (non-hydrogen) atoms. The Morgan fingerprint density at radius 3 is 2.09 bits per heavy atom. The molecule has 3 aromatic rings. The standard InChI is InChI=1S/C19H16N4/c20-13-15-3-7-18(8-4-15)23(19-9-11-22-12-10-19)14-16-1-5-17(21)6-2-16/h1-12H,14,21H2. The van der Waals surface area contributed by atoms with Crippen LogP contribution in [0, 0.1) is 11.3 Å². The van der Waals surface area contributed by atoms with Crippen LogP contribution in [0.2, 0.25) is 0 Å². The predicted molar refractivity (Wildman–Crippen MR) is 92.1 cm³/mol. The summed E-state index contributed by atoms with van der Waals surface area (Å²) in [5.74, 6) is 0. The van der Waals surface area contributed by atoms with Gasteiger partial charge in [-0.05, 0) is 54.1 Å². The van der Waals surface area contributed by atoms with Gasteiger partial charge in [0, 0.05) is 36.0 Å². The summed E-state index contributed by atoms with van der Waals surface area (Å²) in [5.41, 5.74) is 10.4. The molecule has 0 aliphatic heterocycles. The lowest BCUT2D eigenvalue weighted by molar-refractivity contribution is 0.972. The summed E-state index contributed by atoms with van der Waals surface area (Å²) in [6, 6.07) is 21.5. The highest BCUT2D eigenvalue weighted by atomic mass is 15.1. The van der Waals surface area contributed by atoms with Crippen molar-refractivity contribution in [2.45, 2.75) is 6.54 Å². The summed E-state index contributed by atoms with van der Waals surface area (Å²) in [6.07, 6.45) is 3.55. The molecule has 3 rings (SSSR count). The van der Waals surface area contributed by atoms with Crippen LogP contribution in [0.3, 0.4) is 0 Å². The van der Waals surface area contributed by atoms with Gasteiger partial charge in [-0.2, -0.15) is 5.26 Å². The van der Waals surface area contributed by atoms with Gasteiger partial charge in [-0.3, -0.25) is 4.98 Å². The number of pyridine rings is 1. The first-order valence-electron chi connectivity index (χ1n) is 7.28. The summed E-state index contributed by atoms with van der Waals surface area (Å²) >= 11 is 0. The predicted octanol–water partition coefficient (Wildman–Crippen LogP) is 3.87. The van der Waals surface area contributed by atoms with Crippen LogP contribution in [-0.4, -0.2) is 4.98 Å². The summed E-state index contributed by atoms with van der Waals surface area (Å²) < 4.78 is 0. The average Bonchev–Trinajstić information content (AvgIpc) is 2.62. The minimum absolute atomic E-state index is 0.649. The lowest BCUT2D eigenvalue weighted by Crippen LogP contribution is -2.16. The van der Waals surface area contributed by atoms with Crippen LogP contribution >= 0.6 is 0 Å². The molecule has 0 fully saturated rings. The number of anilines is 3. The average molecular weight is 300 g/mol. The number of benzene rings is 2. The maximum absolute atomic E-state index is 8.96. The zero-order chi connectivity index (χ0) is 16.1. The maximum Gasteiger partial charge on any atom is 0.0991 e. The van der Waals surface area contributed by atoms with Gasteiger partial charge in [0.1, 0.15) is 0 Å². The minimum Gasteiger partial charge on any atom is -0.399 e. The molecule has 0 amide bonds. The molecule has 0 radical (unpaired) electrons. The van der Waals surface area contributed by atoms with Gasteiger partial charge in [0.2, 0.25) is 0 Å². The summed E-state index contributed by atoms with van der Waals surface area (Å²) in [7, 11) is 0. The molecule has 0 spiro atoms. The molecule has 2 aromatic carbocycles. The summed E-state index contributed by atoms with van der Waals surface area (Å²) in [6.45, 7) is 0.705. The van der Waals surface area contributed by atoms with Crippen LogP contribution in [0.4, 0.5) is 17.1 Å². The van der Waals surface area contributed by atoms with Gasteiger partial charge in [0.25, 0.3) is 0 Å². The first kappa shape index (κ1) is 14.6. The van der Waals surface area contributed by atoms with Gasteiger partial charge in [0.15, 0.2) is 0 Å². The van der Waals surface area contributed by atoms with Crippen molar-refractivity contribution in [3.8, 4) is 6.07 Å². The fourth-order valence-corrected chi connectivity index (χ4v) is 2.38. The van der Waals surface area contributed by atoms with Crippen molar-refractivity contribution >= 4 is 17.1 Å². The van der Waals surface area contributed by atoms with E-state index in [-0.39, 0.29) is 0 Å². The number of nitrogens with two attached hydrogens (primary N) is 1. The molecule has 2 N–H and O–H groups in total. The second-order valence-corrected chi connectivity index (χ2v) is 5.19. The number of nitriles is 1. The largest absolute Gasteiger partial charge is 0.399 e. The SMILES string of the molecule is N#Cc1ccc(N(Cc2ccc(N)cc2)c2ccncc2)cc1. The van der Waals surface area contributed by atoms with E-state index in [1.54, 1.807) is 12.4 Å². The van der Waals surface area contributed by atoms with E-state index in [9.17, 15) is 0 Å². The smallest absolute Gasteiger partial charge is 0.0991 e. The van der Waals surface area contributed by atoms with Gasteiger partial charge in [-0.25, -0.2) is 0 Å². The van der Waals surface area contributed by atoms with Gasteiger partial charge in [-0.15, -0.1) is 0 Å². The molecule has 0 unspecified atom stereocenters. The van der Waals surface area contributed by atoms with Gasteiger partial charge >= 0.3 is 0 Å².